The van der Waals surface area contributed by atoms with E-state index in [4.69, 9.17) is 14.2 Å². The van der Waals surface area contributed by atoms with Crippen LogP contribution < -0.4 is 14.2 Å². The Morgan fingerprint density at radius 3 is 2.60 bits per heavy atom. The van der Waals surface area contributed by atoms with Gasteiger partial charge in [0.2, 0.25) is 0 Å². The Morgan fingerprint density at radius 1 is 1.16 bits per heavy atom. The fraction of sp³-hybridized carbons (Fsp3) is 0.389. The van der Waals surface area contributed by atoms with Crippen LogP contribution in [0.15, 0.2) is 42.7 Å². The molecule has 1 aliphatic heterocycles. The maximum Gasteiger partial charge on any atom is 0.316 e. The summed E-state index contributed by atoms with van der Waals surface area (Å²) in [7, 11) is 1.59. The van der Waals surface area contributed by atoms with Gasteiger partial charge in [-0.25, -0.2) is 9.97 Å². The highest BCUT2D eigenvalue weighted by Gasteiger charge is 2.24. The second-order valence-electron chi connectivity index (χ2n) is 5.70. The summed E-state index contributed by atoms with van der Waals surface area (Å²) in [5.41, 5.74) is 0. The lowest BCUT2D eigenvalue weighted by Gasteiger charge is -2.31. The molecular formula is C18H21N3O4. The van der Waals surface area contributed by atoms with E-state index in [1.54, 1.807) is 42.6 Å². The molecule has 2 aromatic rings. The molecule has 7 nitrogen and oxygen atoms in total. The van der Waals surface area contributed by atoms with E-state index in [1.165, 1.54) is 0 Å². The largest absolute Gasteiger partial charge is 0.497 e. The molecule has 0 bridgehead atoms. The van der Waals surface area contributed by atoms with E-state index in [0.29, 0.717) is 30.6 Å². The quantitative estimate of drug-likeness (QED) is 0.798. The van der Waals surface area contributed by atoms with Gasteiger partial charge in [-0.15, -0.1) is 0 Å². The number of carbonyl (C=O) groups excluding carboxylic acids is 1. The fourth-order valence-corrected chi connectivity index (χ4v) is 2.65. The predicted molar refractivity (Wildman–Crippen MR) is 90.8 cm³/mol. The summed E-state index contributed by atoms with van der Waals surface area (Å²) in [6, 6.07) is 9.34. The molecule has 0 spiro atoms. The minimum atomic E-state index is -0.0303. The summed E-state index contributed by atoms with van der Waals surface area (Å²) >= 11 is 0. The van der Waals surface area contributed by atoms with Gasteiger partial charge in [0.1, 0.15) is 17.6 Å². The number of nitrogens with zero attached hydrogens (tertiary/aromatic N) is 3. The molecular weight excluding hydrogens is 322 g/mol. The summed E-state index contributed by atoms with van der Waals surface area (Å²) in [5, 5.41) is 0. The zero-order valence-electron chi connectivity index (χ0n) is 14.1. The van der Waals surface area contributed by atoms with E-state index in [-0.39, 0.29) is 18.6 Å². The van der Waals surface area contributed by atoms with Crippen LogP contribution in [0.25, 0.3) is 0 Å². The summed E-state index contributed by atoms with van der Waals surface area (Å²) < 4.78 is 16.4. The number of ether oxygens (including phenoxy) is 3. The van der Waals surface area contributed by atoms with Crippen molar-refractivity contribution in [2.45, 2.75) is 18.9 Å². The van der Waals surface area contributed by atoms with Crippen molar-refractivity contribution in [1.82, 2.24) is 14.9 Å². The Kier molecular flexibility index (Phi) is 5.66. The summed E-state index contributed by atoms with van der Waals surface area (Å²) in [6.45, 7) is 1.29. The van der Waals surface area contributed by atoms with Gasteiger partial charge in [0.15, 0.2) is 6.61 Å². The van der Waals surface area contributed by atoms with Crippen LogP contribution >= 0.6 is 0 Å². The third kappa shape index (κ3) is 4.82. The zero-order chi connectivity index (χ0) is 17.5. The SMILES string of the molecule is COc1cccc(OCC(=O)N2CCC(Oc3ncccn3)CC2)c1. The van der Waals surface area contributed by atoms with E-state index in [2.05, 4.69) is 9.97 Å². The molecule has 7 heteroatoms. The monoisotopic (exact) mass is 343 g/mol. The molecule has 1 aliphatic rings. The van der Waals surface area contributed by atoms with Gasteiger partial charge in [0, 0.05) is 44.4 Å². The molecule has 25 heavy (non-hydrogen) atoms. The van der Waals surface area contributed by atoms with E-state index in [1.807, 2.05) is 12.1 Å². The Bertz CT molecular complexity index is 688. The lowest BCUT2D eigenvalue weighted by Crippen LogP contribution is -2.43. The Hall–Kier alpha value is -2.83. The maximum atomic E-state index is 12.3. The topological polar surface area (TPSA) is 73.8 Å². The van der Waals surface area contributed by atoms with E-state index < -0.39 is 0 Å². The average molecular weight is 343 g/mol. The minimum absolute atomic E-state index is 0.0144. The van der Waals surface area contributed by atoms with Crippen LogP contribution in [0, 0.1) is 0 Å². The maximum absolute atomic E-state index is 12.3. The van der Waals surface area contributed by atoms with Crippen molar-refractivity contribution in [3.05, 3.63) is 42.7 Å². The van der Waals surface area contributed by atoms with Crippen molar-refractivity contribution < 1.29 is 19.0 Å². The first-order valence-electron chi connectivity index (χ1n) is 8.23. The van der Waals surface area contributed by atoms with Crippen molar-refractivity contribution in [2.24, 2.45) is 0 Å². The molecule has 0 saturated carbocycles. The normalized spacial score (nSPS) is 14.8. The Balaban J connectivity index is 1.43. The zero-order valence-corrected chi connectivity index (χ0v) is 14.1. The number of amides is 1. The summed E-state index contributed by atoms with van der Waals surface area (Å²) in [5.74, 6) is 1.29. The second kappa shape index (κ2) is 8.32. The Labute approximate surface area is 146 Å². The smallest absolute Gasteiger partial charge is 0.316 e. The number of rotatable bonds is 6. The summed E-state index contributed by atoms with van der Waals surface area (Å²) in [6.07, 6.45) is 4.84. The van der Waals surface area contributed by atoms with Crippen LogP contribution in [0.4, 0.5) is 0 Å². The van der Waals surface area contributed by atoms with Gasteiger partial charge in [-0.2, -0.15) is 0 Å². The molecule has 1 aromatic heterocycles. The molecule has 1 saturated heterocycles. The van der Waals surface area contributed by atoms with Crippen molar-refractivity contribution in [2.75, 3.05) is 26.8 Å². The molecule has 1 aromatic carbocycles. The predicted octanol–water partition coefficient (Wildman–Crippen LogP) is 1.93. The van der Waals surface area contributed by atoms with Crippen molar-refractivity contribution in [3.8, 4) is 17.5 Å². The van der Waals surface area contributed by atoms with Crippen LogP contribution in [0.5, 0.6) is 17.5 Å². The number of carbonyl (C=O) groups is 1. The number of benzene rings is 1. The van der Waals surface area contributed by atoms with Gasteiger partial charge < -0.3 is 19.1 Å². The van der Waals surface area contributed by atoms with Gasteiger partial charge in [0.25, 0.3) is 5.91 Å². The molecule has 3 rings (SSSR count). The van der Waals surface area contributed by atoms with Crippen LogP contribution in [0.1, 0.15) is 12.8 Å². The highest BCUT2D eigenvalue weighted by Crippen LogP contribution is 2.19. The number of methoxy groups -OCH3 is 1. The minimum Gasteiger partial charge on any atom is -0.497 e. The first kappa shape index (κ1) is 17.0. The van der Waals surface area contributed by atoms with Gasteiger partial charge >= 0.3 is 6.01 Å². The number of hydrogen-bond acceptors (Lipinski definition) is 6. The average Bonchev–Trinajstić information content (AvgIpc) is 2.67. The fourth-order valence-electron chi connectivity index (χ4n) is 2.65. The number of hydrogen-bond donors (Lipinski definition) is 0. The van der Waals surface area contributed by atoms with Gasteiger partial charge in [-0.05, 0) is 18.2 Å². The third-order valence-electron chi connectivity index (χ3n) is 4.01. The van der Waals surface area contributed by atoms with E-state index in [9.17, 15) is 4.79 Å². The van der Waals surface area contributed by atoms with Gasteiger partial charge in [-0.3, -0.25) is 4.79 Å². The third-order valence-corrected chi connectivity index (χ3v) is 4.01. The molecule has 0 radical (unpaired) electrons. The lowest BCUT2D eigenvalue weighted by molar-refractivity contribution is -0.135. The molecule has 132 valence electrons. The highest BCUT2D eigenvalue weighted by molar-refractivity contribution is 5.77. The molecule has 0 aliphatic carbocycles. The molecule has 1 fully saturated rings. The van der Waals surface area contributed by atoms with Crippen LogP contribution in [0.2, 0.25) is 0 Å². The lowest BCUT2D eigenvalue weighted by atomic mass is 10.1. The molecule has 1 amide bonds. The number of aromatic nitrogens is 2. The van der Waals surface area contributed by atoms with E-state index >= 15 is 0 Å². The van der Waals surface area contributed by atoms with Gasteiger partial charge in [0.05, 0.1) is 7.11 Å². The first-order valence-corrected chi connectivity index (χ1v) is 8.23. The molecule has 0 N–H and O–H groups in total. The van der Waals surface area contributed by atoms with Crippen LogP contribution in [-0.2, 0) is 4.79 Å². The molecule has 0 atom stereocenters. The summed E-state index contributed by atoms with van der Waals surface area (Å²) in [4.78, 5) is 22.2. The van der Waals surface area contributed by atoms with Crippen molar-refractivity contribution in [1.29, 1.82) is 0 Å². The first-order chi connectivity index (χ1) is 12.2. The van der Waals surface area contributed by atoms with Gasteiger partial charge in [-0.1, -0.05) is 6.07 Å². The van der Waals surface area contributed by atoms with Crippen LogP contribution in [0.3, 0.4) is 0 Å². The standard InChI is InChI=1S/C18H21N3O4/c1-23-15-4-2-5-16(12-15)24-13-17(22)21-10-6-14(7-11-21)25-18-19-8-3-9-20-18/h2-5,8-9,12,14H,6-7,10-11,13H2,1H3. The van der Waals surface area contributed by atoms with Crippen molar-refractivity contribution >= 4 is 5.91 Å². The van der Waals surface area contributed by atoms with Crippen molar-refractivity contribution in [3.63, 3.8) is 0 Å². The Morgan fingerprint density at radius 2 is 1.88 bits per heavy atom. The van der Waals surface area contributed by atoms with Crippen LogP contribution in [-0.4, -0.2) is 53.7 Å². The highest BCUT2D eigenvalue weighted by atomic mass is 16.5. The number of likely N-dealkylation sites (tertiary alicyclic amines) is 1. The van der Waals surface area contributed by atoms with E-state index in [0.717, 1.165) is 12.8 Å². The molecule has 0 unspecified atom stereocenters. The number of piperidine rings is 1. The second-order valence-corrected chi connectivity index (χ2v) is 5.70. The molecule has 2 heterocycles.